The largest absolute Gasteiger partial charge is 0.223 e. The van der Waals surface area contributed by atoms with Crippen LogP contribution in [0.15, 0.2) is 127 Å². The molecule has 0 radical (unpaired) electrons. The summed E-state index contributed by atoms with van der Waals surface area (Å²) in [7, 11) is -12.6. The van der Waals surface area contributed by atoms with Gasteiger partial charge in [0.2, 0.25) is 19.7 Å². The average molecular weight is 517 g/mol. The van der Waals surface area contributed by atoms with Gasteiger partial charge in [-0.1, -0.05) is 60.2 Å². The summed E-state index contributed by atoms with van der Waals surface area (Å²) in [5, 5.41) is 0. The van der Waals surface area contributed by atoms with Crippen LogP contribution in [0.4, 0.5) is 0 Å². The van der Waals surface area contributed by atoms with Gasteiger partial charge in [0.15, 0.2) is 9.84 Å². The van der Waals surface area contributed by atoms with Gasteiger partial charge in [-0.15, -0.1) is 0 Å². The van der Waals surface area contributed by atoms with Gasteiger partial charge in [0.05, 0.1) is 30.2 Å². The van der Waals surface area contributed by atoms with E-state index in [0.717, 1.165) is 6.08 Å². The van der Waals surface area contributed by atoms with E-state index < -0.39 is 45.1 Å². The maximum absolute atomic E-state index is 13.6. The van der Waals surface area contributed by atoms with Gasteiger partial charge in [0.25, 0.3) is 0 Å². The molecule has 0 unspecified atom stereocenters. The molecule has 34 heavy (non-hydrogen) atoms. The molecule has 6 nitrogen and oxygen atoms in total. The fourth-order valence-electron chi connectivity index (χ4n) is 3.33. The fraction of sp³-hybridized carbons (Fsp3) is 0.120. The monoisotopic (exact) mass is 516 g/mol. The second kappa shape index (κ2) is 10.1. The summed E-state index contributed by atoms with van der Waals surface area (Å²) >= 11 is 0. The molecular weight excluding hydrogens is 492 g/mol. The molecule has 0 aliphatic carbocycles. The number of rotatable bonds is 8. The van der Waals surface area contributed by atoms with Gasteiger partial charge < -0.3 is 0 Å². The molecule has 0 heterocycles. The van der Waals surface area contributed by atoms with Crippen LogP contribution in [-0.4, -0.2) is 31.0 Å². The van der Waals surface area contributed by atoms with E-state index in [-0.39, 0.29) is 20.3 Å². The first-order chi connectivity index (χ1) is 16.0. The molecule has 0 aliphatic heterocycles. The Kier molecular flexibility index (Phi) is 7.60. The minimum absolute atomic E-state index is 0.00683. The van der Waals surface area contributed by atoms with E-state index in [2.05, 4.69) is 0 Å². The lowest BCUT2D eigenvalue weighted by molar-refractivity contribution is 0.595. The molecule has 0 N–H and O–H groups in total. The molecule has 0 saturated carbocycles. The highest BCUT2D eigenvalue weighted by molar-refractivity contribution is 8.00. The standard InChI is InChI=1S/C25H24O6S3/c1-20(2)25(34(30,31)23-16-10-5-11-17-23)24(33(28,29)22-14-8-4-9-15-22)18-19-32(26,27)21-12-6-3-7-13-21/h3-18H,19H2,1-2H3. The molecular formula is C25H24O6S3. The van der Waals surface area contributed by atoms with Gasteiger partial charge in [-0.05, 0) is 56.3 Å². The Morgan fingerprint density at radius 1 is 0.588 bits per heavy atom. The van der Waals surface area contributed by atoms with Crippen molar-refractivity contribution in [3.05, 3.63) is 112 Å². The first-order valence-corrected chi connectivity index (χ1v) is 14.9. The molecule has 0 spiro atoms. The van der Waals surface area contributed by atoms with E-state index in [9.17, 15) is 25.3 Å². The molecule has 3 rings (SSSR count). The maximum atomic E-state index is 13.6. The smallest absolute Gasteiger partial charge is 0.207 e. The van der Waals surface area contributed by atoms with Gasteiger partial charge in [0.1, 0.15) is 0 Å². The minimum Gasteiger partial charge on any atom is -0.223 e. The summed E-state index contributed by atoms with van der Waals surface area (Å²) in [6.07, 6.45) is 0.980. The summed E-state index contributed by atoms with van der Waals surface area (Å²) < 4.78 is 80.3. The number of benzene rings is 3. The molecule has 0 fully saturated rings. The van der Waals surface area contributed by atoms with Crippen LogP contribution in [0.5, 0.6) is 0 Å². The molecule has 0 amide bonds. The second-order valence-corrected chi connectivity index (χ2v) is 13.5. The zero-order valence-corrected chi connectivity index (χ0v) is 21.1. The molecule has 9 heteroatoms. The third-order valence-electron chi connectivity index (χ3n) is 4.93. The van der Waals surface area contributed by atoms with Crippen LogP contribution < -0.4 is 0 Å². The topological polar surface area (TPSA) is 102 Å². The van der Waals surface area contributed by atoms with Gasteiger partial charge in [-0.3, -0.25) is 0 Å². The van der Waals surface area contributed by atoms with Crippen LogP contribution in [0.25, 0.3) is 0 Å². The molecule has 0 bridgehead atoms. The summed E-state index contributed by atoms with van der Waals surface area (Å²) in [5.41, 5.74) is 0.215. The average Bonchev–Trinajstić information content (AvgIpc) is 2.82. The molecule has 0 saturated heterocycles. The van der Waals surface area contributed by atoms with Crippen molar-refractivity contribution in [2.24, 2.45) is 0 Å². The predicted molar refractivity (Wildman–Crippen MR) is 132 cm³/mol. The van der Waals surface area contributed by atoms with Crippen molar-refractivity contribution in [1.82, 2.24) is 0 Å². The Morgan fingerprint density at radius 2 is 0.971 bits per heavy atom. The Morgan fingerprint density at radius 3 is 1.38 bits per heavy atom. The SMILES string of the molecule is CC(C)=C(C(=CCS(=O)(=O)c1ccccc1)S(=O)(=O)c1ccccc1)S(=O)(=O)c1ccccc1. The zero-order chi connectivity index (χ0) is 25.0. The summed E-state index contributed by atoms with van der Waals surface area (Å²) in [5.74, 6) is -0.695. The normalized spacial score (nSPS) is 12.8. The fourth-order valence-corrected chi connectivity index (χ4v) is 8.40. The summed E-state index contributed by atoms with van der Waals surface area (Å²) in [6.45, 7) is 2.96. The van der Waals surface area contributed by atoms with Gasteiger partial charge in [-0.25, -0.2) is 25.3 Å². The molecule has 0 aliphatic rings. The number of sulfone groups is 3. The van der Waals surface area contributed by atoms with Crippen molar-refractivity contribution >= 4 is 29.5 Å². The zero-order valence-electron chi connectivity index (χ0n) is 18.6. The van der Waals surface area contributed by atoms with Crippen LogP contribution in [0.1, 0.15) is 13.8 Å². The van der Waals surface area contributed by atoms with Crippen LogP contribution >= 0.6 is 0 Å². The highest BCUT2D eigenvalue weighted by Gasteiger charge is 2.34. The summed E-state index contributed by atoms with van der Waals surface area (Å²) in [6, 6.07) is 22.3. The van der Waals surface area contributed by atoms with Crippen molar-refractivity contribution in [1.29, 1.82) is 0 Å². The second-order valence-electron chi connectivity index (χ2n) is 7.62. The lowest BCUT2D eigenvalue weighted by Crippen LogP contribution is -2.17. The van der Waals surface area contributed by atoms with Crippen molar-refractivity contribution in [3.8, 4) is 0 Å². The Bertz CT molecular complexity index is 1530. The van der Waals surface area contributed by atoms with Crippen LogP contribution in [0.3, 0.4) is 0 Å². The number of hydrogen-bond donors (Lipinski definition) is 0. The molecule has 178 valence electrons. The molecule has 3 aromatic carbocycles. The van der Waals surface area contributed by atoms with E-state index in [0.29, 0.717) is 0 Å². The Hall–Kier alpha value is -3.01. The Labute approximate surface area is 201 Å². The van der Waals surface area contributed by atoms with E-state index in [1.165, 1.54) is 74.5 Å². The lowest BCUT2D eigenvalue weighted by atomic mass is 10.3. The van der Waals surface area contributed by atoms with Crippen molar-refractivity contribution in [2.75, 3.05) is 5.75 Å². The number of allylic oxidation sites excluding steroid dienone is 1. The maximum Gasteiger partial charge on any atom is 0.207 e. The third-order valence-corrected chi connectivity index (χ3v) is 10.6. The van der Waals surface area contributed by atoms with Crippen molar-refractivity contribution < 1.29 is 25.3 Å². The summed E-state index contributed by atoms with van der Waals surface area (Å²) in [4.78, 5) is -1.23. The van der Waals surface area contributed by atoms with Gasteiger partial charge >= 0.3 is 0 Å². The van der Waals surface area contributed by atoms with Gasteiger partial charge in [0, 0.05) is 0 Å². The molecule has 3 aromatic rings. The van der Waals surface area contributed by atoms with Crippen LogP contribution in [-0.2, 0) is 29.5 Å². The molecule has 0 aromatic heterocycles. The quantitative estimate of drug-likeness (QED) is 0.406. The first kappa shape index (κ1) is 25.6. The third kappa shape index (κ3) is 5.38. The van der Waals surface area contributed by atoms with Crippen molar-refractivity contribution in [3.63, 3.8) is 0 Å². The minimum atomic E-state index is -4.38. The van der Waals surface area contributed by atoms with E-state index in [1.807, 2.05) is 0 Å². The highest BCUT2D eigenvalue weighted by Crippen LogP contribution is 2.34. The van der Waals surface area contributed by atoms with Crippen LogP contribution in [0.2, 0.25) is 0 Å². The van der Waals surface area contributed by atoms with Gasteiger partial charge in [-0.2, -0.15) is 0 Å². The van der Waals surface area contributed by atoms with E-state index in [1.54, 1.807) is 30.3 Å². The van der Waals surface area contributed by atoms with Crippen LogP contribution in [0, 0.1) is 0 Å². The molecule has 0 atom stereocenters. The first-order valence-electron chi connectivity index (χ1n) is 10.2. The lowest BCUT2D eigenvalue weighted by Gasteiger charge is -2.16. The van der Waals surface area contributed by atoms with E-state index in [4.69, 9.17) is 0 Å². The Balaban J connectivity index is 2.27. The van der Waals surface area contributed by atoms with Crippen molar-refractivity contribution in [2.45, 2.75) is 28.5 Å². The number of hydrogen-bond acceptors (Lipinski definition) is 6. The van der Waals surface area contributed by atoms with E-state index >= 15 is 0 Å². The highest BCUT2D eigenvalue weighted by atomic mass is 32.2. The predicted octanol–water partition coefficient (Wildman–Crippen LogP) is 4.59.